The molecule has 27 heavy (non-hydrogen) atoms. The number of methoxy groups -OCH3 is 2. The van der Waals surface area contributed by atoms with Gasteiger partial charge in [0.15, 0.2) is 11.5 Å². The molecule has 0 amide bonds. The molecule has 0 saturated carbocycles. The van der Waals surface area contributed by atoms with E-state index >= 15 is 0 Å². The number of hydrogen-bond acceptors (Lipinski definition) is 4. The van der Waals surface area contributed by atoms with E-state index in [4.69, 9.17) is 9.47 Å². The predicted octanol–water partition coefficient (Wildman–Crippen LogP) is 6.18. The molecule has 0 fully saturated rings. The van der Waals surface area contributed by atoms with Crippen LogP contribution < -0.4 is 14.2 Å². The van der Waals surface area contributed by atoms with Crippen molar-refractivity contribution in [1.29, 1.82) is 0 Å². The first-order chi connectivity index (χ1) is 13.2. The molecule has 4 heteroatoms. The van der Waals surface area contributed by atoms with Crippen molar-refractivity contribution < 1.29 is 9.47 Å². The number of benzene rings is 2. The topological polar surface area (TPSA) is 30.5 Å². The lowest BCUT2D eigenvalue weighted by Crippen LogP contribution is -2.41. The van der Waals surface area contributed by atoms with Gasteiger partial charge in [0.2, 0.25) is 0 Å². The average molecular weight is 386 g/mol. The zero-order chi connectivity index (χ0) is 19.3. The van der Waals surface area contributed by atoms with Crippen LogP contribution >= 0.6 is 11.9 Å². The summed E-state index contributed by atoms with van der Waals surface area (Å²) < 4.78 is 15.0. The molecule has 0 saturated heterocycles. The molecular formula is C23H31NO2S. The minimum Gasteiger partial charge on any atom is -0.493 e. The summed E-state index contributed by atoms with van der Waals surface area (Å²) in [7, 11) is 3.41. The van der Waals surface area contributed by atoms with Crippen LogP contribution in [0.25, 0.3) is 0 Å². The number of unbranched alkanes of at least 4 members (excludes halogenated alkanes) is 1. The molecular weight excluding hydrogens is 354 g/mol. The zero-order valence-corrected chi connectivity index (χ0v) is 17.7. The van der Waals surface area contributed by atoms with Gasteiger partial charge < -0.3 is 9.47 Å². The maximum atomic E-state index is 5.62. The summed E-state index contributed by atoms with van der Waals surface area (Å²) in [4.78, 5) is 1.23. The lowest BCUT2D eigenvalue weighted by Gasteiger charge is -2.34. The number of hydrogen-bond donors (Lipinski definition) is 1. The van der Waals surface area contributed by atoms with Gasteiger partial charge in [-0.15, -0.1) is 0 Å². The summed E-state index contributed by atoms with van der Waals surface area (Å²) in [5, 5.41) is 0. The van der Waals surface area contributed by atoms with Crippen molar-refractivity contribution >= 4 is 11.9 Å². The van der Waals surface area contributed by atoms with E-state index in [9.17, 15) is 0 Å². The Morgan fingerprint density at radius 1 is 1.07 bits per heavy atom. The Kier molecular flexibility index (Phi) is 6.72. The lowest BCUT2D eigenvalue weighted by atomic mass is 9.76. The Morgan fingerprint density at radius 3 is 2.41 bits per heavy atom. The molecule has 0 aromatic heterocycles. The lowest BCUT2D eigenvalue weighted by molar-refractivity contribution is 0.306. The van der Waals surface area contributed by atoms with Gasteiger partial charge in [0, 0.05) is 16.4 Å². The summed E-state index contributed by atoms with van der Waals surface area (Å²) in [6, 6.07) is 15.2. The average Bonchev–Trinajstić information content (AvgIpc) is 2.89. The Labute approximate surface area is 168 Å². The van der Waals surface area contributed by atoms with Gasteiger partial charge in [0.1, 0.15) is 0 Å². The highest BCUT2D eigenvalue weighted by Crippen LogP contribution is 2.47. The molecule has 0 bridgehead atoms. The molecule has 2 aromatic rings. The van der Waals surface area contributed by atoms with Crippen molar-refractivity contribution in [2.75, 3.05) is 14.2 Å². The van der Waals surface area contributed by atoms with Gasteiger partial charge in [-0.2, -0.15) is 0 Å². The van der Waals surface area contributed by atoms with E-state index in [0.29, 0.717) is 5.92 Å². The van der Waals surface area contributed by atoms with Crippen LogP contribution in [0.15, 0.2) is 47.4 Å². The van der Waals surface area contributed by atoms with Gasteiger partial charge in [0.05, 0.1) is 14.2 Å². The molecule has 2 aromatic carbocycles. The van der Waals surface area contributed by atoms with Crippen LogP contribution in [0.1, 0.15) is 63.0 Å². The monoisotopic (exact) mass is 385 g/mol. The van der Waals surface area contributed by atoms with E-state index in [1.165, 1.54) is 35.3 Å². The van der Waals surface area contributed by atoms with Crippen LogP contribution in [-0.4, -0.2) is 19.8 Å². The third-order valence-corrected chi connectivity index (χ3v) is 6.86. The molecule has 146 valence electrons. The second kappa shape index (κ2) is 9.03. The highest BCUT2D eigenvalue weighted by atomic mass is 32.2. The summed E-state index contributed by atoms with van der Waals surface area (Å²) >= 11 is 1.75. The number of rotatable bonds is 7. The minimum atomic E-state index is 0.126. The Hall–Kier alpha value is -1.65. The smallest absolute Gasteiger partial charge is 0.161 e. The van der Waals surface area contributed by atoms with Crippen LogP contribution in [0.4, 0.5) is 0 Å². The third-order valence-electron chi connectivity index (χ3n) is 5.75. The zero-order valence-electron chi connectivity index (χ0n) is 16.9. The number of fused-ring (bicyclic) bond motifs is 1. The third kappa shape index (κ3) is 4.27. The SMILES string of the molecule is CCCC[C@]1(CC)C[C@H](c2ccccc2)c2cc(OC)c(OC)cc2SN1. The second-order valence-electron chi connectivity index (χ2n) is 7.35. The van der Waals surface area contributed by atoms with Gasteiger partial charge in [-0.3, -0.25) is 4.72 Å². The highest BCUT2D eigenvalue weighted by Gasteiger charge is 2.36. The van der Waals surface area contributed by atoms with E-state index in [1.54, 1.807) is 26.2 Å². The summed E-state index contributed by atoms with van der Waals surface area (Å²) in [5.41, 5.74) is 2.81. The van der Waals surface area contributed by atoms with Crippen LogP contribution in [-0.2, 0) is 0 Å². The van der Waals surface area contributed by atoms with Gasteiger partial charge in [-0.1, -0.05) is 57.0 Å². The fraction of sp³-hybridized carbons (Fsp3) is 0.478. The highest BCUT2D eigenvalue weighted by molar-refractivity contribution is 7.97. The van der Waals surface area contributed by atoms with Crippen molar-refractivity contribution in [3.63, 3.8) is 0 Å². The van der Waals surface area contributed by atoms with Gasteiger partial charge >= 0.3 is 0 Å². The maximum absolute atomic E-state index is 5.62. The van der Waals surface area contributed by atoms with Gasteiger partial charge in [-0.25, -0.2) is 0 Å². The summed E-state index contributed by atoms with van der Waals surface area (Å²) in [6.07, 6.45) is 5.86. The van der Waals surface area contributed by atoms with E-state index in [0.717, 1.165) is 24.3 Å². The predicted molar refractivity (Wildman–Crippen MR) is 114 cm³/mol. The molecule has 0 aliphatic carbocycles. The molecule has 1 heterocycles. The largest absolute Gasteiger partial charge is 0.493 e. The van der Waals surface area contributed by atoms with Crippen LogP contribution in [0.2, 0.25) is 0 Å². The molecule has 2 atom stereocenters. The molecule has 0 radical (unpaired) electrons. The molecule has 0 unspecified atom stereocenters. The fourth-order valence-corrected chi connectivity index (χ4v) is 5.13. The molecule has 1 aliphatic rings. The van der Waals surface area contributed by atoms with Crippen LogP contribution in [0.5, 0.6) is 11.5 Å². The Balaban J connectivity index is 2.10. The Morgan fingerprint density at radius 2 is 1.78 bits per heavy atom. The van der Waals surface area contributed by atoms with E-state index < -0.39 is 0 Å². The fourth-order valence-electron chi connectivity index (χ4n) is 3.99. The van der Waals surface area contributed by atoms with Crippen LogP contribution in [0.3, 0.4) is 0 Å². The summed E-state index contributed by atoms with van der Waals surface area (Å²) in [6.45, 7) is 4.58. The van der Waals surface area contributed by atoms with E-state index in [-0.39, 0.29) is 5.54 Å². The Bertz CT molecular complexity index is 750. The van der Waals surface area contributed by atoms with Crippen molar-refractivity contribution in [3.8, 4) is 11.5 Å². The molecule has 1 N–H and O–H groups in total. The van der Waals surface area contributed by atoms with E-state index in [1.807, 2.05) is 0 Å². The molecule has 0 spiro atoms. The van der Waals surface area contributed by atoms with Crippen molar-refractivity contribution in [2.45, 2.75) is 62.3 Å². The van der Waals surface area contributed by atoms with Crippen LogP contribution in [0, 0.1) is 0 Å². The quantitative estimate of drug-likeness (QED) is 0.577. The first kappa shape index (κ1) is 20.1. The normalized spacial score (nSPS) is 22.0. The van der Waals surface area contributed by atoms with E-state index in [2.05, 4.69) is 61.0 Å². The summed E-state index contributed by atoms with van der Waals surface area (Å²) in [5.74, 6) is 1.92. The minimum absolute atomic E-state index is 0.126. The molecule has 3 nitrogen and oxygen atoms in total. The number of nitrogens with one attached hydrogen (secondary N) is 1. The van der Waals surface area contributed by atoms with Crippen molar-refractivity contribution in [2.24, 2.45) is 0 Å². The van der Waals surface area contributed by atoms with Gasteiger partial charge in [-0.05, 0) is 54.5 Å². The van der Waals surface area contributed by atoms with Crippen molar-refractivity contribution in [1.82, 2.24) is 4.72 Å². The molecule has 3 rings (SSSR count). The second-order valence-corrected chi connectivity index (χ2v) is 8.20. The number of ether oxygens (including phenoxy) is 2. The van der Waals surface area contributed by atoms with Crippen molar-refractivity contribution in [3.05, 3.63) is 53.6 Å². The van der Waals surface area contributed by atoms with Gasteiger partial charge in [0.25, 0.3) is 0 Å². The first-order valence-corrected chi connectivity index (χ1v) is 10.7. The standard InChI is InChI=1S/C23H31NO2S/c1-5-7-13-23(6-2)16-19(17-11-9-8-10-12-17)18-14-20(25-3)21(26-4)15-22(18)27-24-23/h8-12,14-15,19,24H,5-7,13,16H2,1-4H3/t19-,23-/m1/s1. The maximum Gasteiger partial charge on any atom is 0.161 e. The molecule has 1 aliphatic heterocycles. The first-order valence-electron chi connectivity index (χ1n) is 9.91.